The summed E-state index contributed by atoms with van der Waals surface area (Å²) >= 11 is 0. The van der Waals surface area contributed by atoms with E-state index >= 15 is 0 Å². The zero-order valence-electron chi connectivity index (χ0n) is 10.6. The average Bonchev–Trinajstić information content (AvgIpc) is 2.81. The lowest BCUT2D eigenvalue weighted by Crippen LogP contribution is -2.34. The van der Waals surface area contributed by atoms with Crippen LogP contribution in [0.4, 0.5) is 0 Å². The van der Waals surface area contributed by atoms with Crippen molar-refractivity contribution in [2.24, 2.45) is 5.92 Å². The molecule has 1 aliphatic carbocycles. The summed E-state index contributed by atoms with van der Waals surface area (Å²) in [5.41, 5.74) is 0. The van der Waals surface area contributed by atoms with Gasteiger partial charge in [-0.15, -0.1) is 0 Å². The first-order valence-electron chi connectivity index (χ1n) is 6.78. The zero-order valence-corrected chi connectivity index (χ0v) is 10.6. The Morgan fingerprint density at radius 3 is 2.75 bits per heavy atom. The standard InChI is InChI=1S/C13H27NO2/c1-2-8-14-13(10-15)7-9-16-11-12-5-3-4-6-12/h12-15H,2-11H2,1H3. The Hall–Kier alpha value is -0.120. The summed E-state index contributed by atoms with van der Waals surface area (Å²) in [7, 11) is 0. The highest BCUT2D eigenvalue weighted by atomic mass is 16.5. The molecule has 0 aromatic rings. The molecule has 1 rings (SSSR count). The van der Waals surface area contributed by atoms with Crippen molar-refractivity contribution in [3.05, 3.63) is 0 Å². The molecule has 1 atom stereocenters. The second kappa shape index (κ2) is 8.97. The van der Waals surface area contributed by atoms with Crippen molar-refractivity contribution in [3.63, 3.8) is 0 Å². The molecule has 0 aliphatic heterocycles. The molecule has 3 heteroatoms. The number of hydrogen-bond donors (Lipinski definition) is 2. The quantitative estimate of drug-likeness (QED) is 0.594. The molecule has 0 heterocycles. The first-order valence-corrected chi connectivity index (χ1v) is 6.78. The fourth-order valence-corrected chi connectivity index (χ4v) is 2.26. The number of aliphatic hydroxyl groups is 1. The lowest BCUT2D eigenvalue weighted by atomic mass is 10.1. The van der Waals surface area contributed by atoms with Crippen LogP contribution in [0.25, 0.3) is 0 Å². The Balaban J connectivity index is 1.95. The van der Waals surface area contributed by atoms with Crippen molar-refractivity contribution in [2.45, 2.75) is 51.5 Å². The van der Waals surface area contributed by atoms with Gasteiger partial charge in [0.2, 0.25) is 0 Å². The summed E-state index contributed by atoms with van der Waals surface area (Å²) in [4.78, 5) is 0. The number of hydrogen-bond acceptors (Lipinski definition) is 3. The van der Waals surface area contributed by atoms with E-state index in [4.69, 9.17) is 9.84 Å². The summed E-state index contributed by atoms with van der Waals surface area (Å²) in [6.45, 7) is 5.03. The lowest BCUT2D eigenvalue weighted by Gasteiger charge is -2.16. The highest BCUT2D eigenvalue weighted by molar-refractivity contribution is 4.67. The minimum Gasteiger partial charge on any atom is -0.395 e. The lowest BCUT2D eigenvalue weighted by molar-refractivity contribution is 0.0870. The summed E-state index contributed by atoms with van der Waals surface area (Å²) < 4.78 is 5.68. The van der Waals surface area contributed by atoms with Crippen LogP contribution in [0.15, 0.2) is 0 Å². The maximum atomic E-state index is 9.15. The molecule has 1 unspecified atom stereocenters. The third-order valence-corrected chi connectivity index (χ3v) is 3.34. The SMILES string of the molecule is CCCNC(CO)CCOCC1CCCC1. The third-order valence-electron chi connectivity index (χ3n) is 3.34. The Kier molecular flexibility index (Phi) is 7.81. The second-order valence-electron chi connectivity index (χ2n) is 4.85. The van der Waals surface area contributed by atoms with Gasteiger partial charge in [0.15, 0.2) is 0 Å². The molecule has 0 radical (unpaired) electrons. The molecule has 2 N–H and O–H groups in total. The maximum absolute atomic E-state index is 9.15. The van der Waals surface area contributed by atoms with Gasteiger partial charge in [-0.25, -0.2) is 0 Å². The predicted molar refractivity (Wildman–Crippen MR) is 66.6 cm³/mol. The Morgan fingerprint density at radius 1 is 1.38 bits per heavy atom. The van der Waals surface area contributed by atoms with E-state index in [0.717, 1.165) is 38.5 Å². The van der Waals surface area contributed by atoms with Gasteiger partial charge in [-0.1, -0.05) is 19.8 Å². The Bertz CT molecular complexity index is 158. The maximum Gasteiger partial charge on any atom is 0.0585 e. The molecule has 0 aromatic heterocycles. The minimum absolute atomic E-state index is 0.212. The van der Waals surface area contributed by atoms with Crippen molar-refractivity contribution in [2.75, 3.05) is 26.4 Å². The van der Waals surface area contributed by atoms with Crippen LogP contribution >= 0.6 is 0 Å². The van der Waals surface area contributed by atoms with Gasteiger partial charge >= 0.3 is 0 Å². The van der Waals surface area contributed by atoms with Gasteiger partial charge in [0.25, 0.3) is 0 Å². The van der Waals surface area contributed by atoms with Crippen molar-refractivity contribution >= 4 is 0 Å². The van der Waals surface area contributed by atoms with E-state index in [-0.39, 0.29) is 12.6 Å². The fourth-order valence-electron chi connectivity index (χ4n) is 2.26. The van der Waals surface area contributed by atoms with E-state index in [1.807, 2.05) is 0 Å². The van der Waals surface area contributed by atoms with Gasteiger partial charge in [0.1, 0.15) is 0 Å². The normalized spacial score (nSPS) is 19.1. The van der Waals surface area contributed by atoms with Gasteiger partial charge in [-0.05, 0) is 38.1 Å². The van der Waals surface area contributed by atoms with Crippen LogP contribution in [0.1, 0.15) is 45.4 Å². The van der Waals surface area contributed by atoms with Gasteiger partial charge in [-0.2, -0.15) is 0 Å². The smallest absolute Gasteiger partial charge is 0.0585 e. The Morgan fingerprint density at radius 2 is 2.12 bits per heavy atom. The van der Waals surface area contributed by atoms with E-state index in [9.17, 15) is 0 Å². The van der Waals surface area contributed by atoms with Crippen LogP contribution in [0.2, 0.25) is 0 Å². The molecule has 96 valence electrons. The van der Waals surface area contributed by atoms with Gasteiger partial charge in [0.05, 0.1) is 6.61 Å². The monoisotopic (exact) mass is 229 g/mol. The molecule has 0 spiro atoms. The third kappa shape index (κ3) is 5.83. The average molecular weight is 229 g/mol. The molecular formula is C13H27NO2. The van der Waals surface area contributed by atoms with E-state index in [1.165, 1.54) is 25.7 Å². The first kappa shape index (κ1) is 13.9. The van der Waals surface area contributed by atoms with Crippen LogP contribution < -0.4 is 5.32 Å². The number of rotatable bonds is 9. The molecule has 1 aliphatic rings. The molecule has 1 saturated carbocycles. The molecule has 0 aromatic carbocycles. The van der Waals surface area contributed by atoms with Gasteiger partial charge in [0, 0.05) is 19.3 Å². The Labute approximate surface area is 99.6 Å². The van der Waals surface area contributed by atoms with Crippen LogP contribution in [-0.2, 0) is 4.74 Å². The largest absolute Gasteiger partial charge is 0.395 e. The van der Waals surface area contributed by atoms with E-state index < -0.39 is 0 Å². The van der Waals surface area contributed by atoms with E-state index in [1.54, 1.807) is 0 Å². The summed E-state index contributed by atoms with van der Waals surface area (Å²) in [6.07, 6.45) is 7.48. The molecule has 0 saturated heterocycles. The second-order valence-corrected chi connectivity index (χ2v) is 4.85. The van der Waals surface area contributed by atoms with Crippen LogP contribution in [0, 0.1) is 5.92 Å². The number of aliphatic hydroxyl groups excluding tert-OH is 1. The molecule has 0 amide bonds. The topological polar surface area (TPSA) is 41.5 Å². The van der Waals surface area contributed by atoms with Crippen molar-refractivity contribution in [1.82, 2.24) is 5.32 Å². The highest BCUT2D eigenvalue weighted by Crippen LogP contribution is 2.24. The van der Waals surface area contributed by atoms with Crippen LogP contribution in [-0.4, -0.2) is 37.5 Å². The van der Waals surface area contributed by atoms with E-state index in [0.29, 0.717) is 0 Å². The van der Waals surface area contributed by atoms with Crippen LogP contribution in [0.5, 0.6) is 0 Å². The number of ether oxygens (including phenoxy) is 1. The number of nitrogens with one attached hydrogen (secondary N) is 1. The summed E-state index contributed by atoms with van der Waals surface area (Å²) in [5.74, 6) is 0.802. The molecule has 3 nitrogen and oxygen atoms in total. The van der Waals surface area contributed by atoms with Crippen molar-refractivity contribution < 1.29 is 9.84 Å². The summed E-state index contributed by atoms with van der Waals surface area (Å²) in [6, 6.07) is 0.212. The van der Waals surface area contributed by atoms with Crippen molar-refractivity contribution in [3.8, 4) is 0 Å². The van der Waals surface area contributed by atoms with Crippen LogP contribution in [0.3, 0.4) is 0 Å². The van der Waals surface area contributed by atoms with E-state index in [2.05, 4.69) is 12.2 Å². The first-order chi connectivity index (χ1) is 7.86. The van der Waals surface area contributed by atoms with Crippen molar-refractivity contribution in [1.29, 1.82) is 0 Å². The minimum atomic E-state index is 0.212. The van der Waals surface area contributed by atoms with Gasteiger partial charge in [-0.3, -0.25) is 0 Å². The predicted octanol–water partition coefficient (Wildman–Crippen LogP) is 1.94. The fraction of sp³-hybridized carbons (Fsp3) is 1.00. The highest BCUT2D eigenvalue weighted by Gasteiger charge is 2.15. The molecule has 1 fully saturated rings. The molecular weight excluding hydrogens is 202 g/mol. The molecule has 0 bridgehead atoms. The van der Waals surface area contributed by atoms with Gasteiger partial charge < -0.3 is 15.2 Å². The molecule has 16 heavy (non-hydrogen) atoms. The summed E-state index contributed by atoms with van der Waals surface area (Å²) in [5, 5.41) is 12.5. The zero-order chi connectivity index (χ0) is 11.6.